The molecular weight excluding hydrogens is 213 g/mol. The molecule has 3 nitrogen and oxygen atoms in total. The maximum atomic E-state index is 9.48. The van der Waals surface area contributed by atoms with Gasteiger partial charge < -0.3 is 9.76 Å². The van der Waals surface area contributed by atoms with Crippen molar-refractivity contribution in [3.05, 3.63) is 54.1 Å². The van der Waals surface area contributed by atoms with E-state index in [1.165, 1.54) is 7.48 Å². The minimum Gasteiger partial charge on any atom is -0.555 e. The van der Waals surface area contributed by atoms with Crippen molar-refractivity contribution in [1.29, 1.82) is 5.26 Å². The van der Waals surface area contributed by atoms with E-state index in [-0.39, 0.29) is 5.75 Å². The number of nitrogens with zero attached hydrogens (tertiary/aromatic N) is 1. The van der Waals surface area contributed by atoms with Crippen LogP contribution in [-0.2, 0) is 0 Å². The summed E-state index contributed by atoms with van der Waals surface area (Å²) in [7, 11) is 1.52. The zero-order valence-electron chi connectivity index (χ0n) is 9.00. The van der Waals surface area contributed by atoms with Crippen molar-refractivity contribution >= 4 is 12.9 Å². The van der Waals surface area contributed by atoms with Gasteiger partial charge in [-0.1, -0.05) is 24.3 Å². The first-order valence-electron chi connectivity index (χ1n) is 5.07. The number of benzene rings is 2. The largest absolute Gasteiger partial charge is 0.555 e. The van der Waals surface area contributed by atoms with E-state index in [9.17, 15) is 5.11 Å². The van der Waals surface area contributed by atoms with Crippen molar-refractivity contribution in [1.82, 2.24) is 0 Å². The summed E-state index contributed by atoms with van der Waals surface area (Å²) in [5, 5.41) is 18.1. The minimum absolute atomic E-state index is 0.0948. The first-order valence-corrected chi connectivity index (χ1v) is 5.07. The Labute approximate surface area is 100 Å². The average molecular weight is 222 g/mol. The molecule has 0 heterocycles. The smallest absolute Gasteiger partial charge is 0.408 e. The average Bonchev–Trinajstić information content (AvgIpc) is 2.38. The van der Waals surface area contributed by atoms with E-state index in [1.807, 2.05) is 6.07 Å². The van der Waals surface area contributed by atoms with E-state index in [4.69, 9.17) is 9.92 Å². The molecule has 1 radical (unpaired) electrons. The number of hydrogen-bond acceptors (Lipinski definition) is 3. The Hall–Kier alpha value is -2.41. The van der Waals surface area contributed by atoms with Gasteiger partial charge in [-0.25, -0.2) is 0 Å². The van der Waals surface area contributed by atoms with Crippen molar-refractivity contribution < 1.29 is 9.76 Å². The third-order valence-electron chi connectivity index (χ3n) is 2.23. The number of phenols is 1. The number of hydrogen-bond donors (Lipinski definition) is 1. The lowest BCUT2D eigenvalue weighted by molar-refractivity contribution is 0.444. The molecule has 0 amide bonds. The van der Waals surface area contributed by atoms with Crippen LogP contribution < -0.4 is 10.1 Å². The molecule has 0 aliphatic heterocycles. The van der Waals surface area contributed by atoms with Gasteiger partial charge in [0.25, 0.3) is 0 Å². The lowest BCUT2D eigenvalue weighted by Crippen LogP contribution is -2.19. The highest BCUT2D eigenvalue weighted by Crippen LogP contribution is 2.23. The van der Waals surface area contributed by atoms with E-state index in [0.29, 0.717) is 11.3 Å². The fourth-order valence-corrected chi connectivity index (χ4v) is 1.32. The fraction of sp³-hybridized carbons (Fsp3) is 0. The van der Waals surface area contributed by atoms with Crippen LogP contribution in [0.2, 0.25) is 0 Å². The lowest BCUT2D eigenvalue weighted by atomic mass is 9.87. The van der Waals surface area contributed by atoms with Crippen LogP contribution in [0, 0.1) is 11.3 Å². The first-order chi connectivity index (χ1) is 8.29. The Morgan fingerprint density at radius 1 is 1.06 bits per heavy atom. The summed E-state index contributed by atoms with van der Waals surface area (Å²) in [6, 6.07) is 15.8. The van der Waals surface area contributed by atoms with Crippen LogP contribution in [0.5, 0.6) is 11.5 Å². The molecule has 17 heavy (non-hydrogen) atoms. The number of aromatic hydroxyl groups is 1. The van der Waals surface area contributed by atoms with Crippen LogP contribution in [0.4, 0.5) is 0 Å². The van der Waals surface area contributed by atoms with E-state index >= 15 is 0 Å². The van der Waals surface area contributed by atoms with Gasteiger partial charge in [0.05, 0.1) is 11.6 Å². The van der Waals surface area contributed by atoms with Crippen LogP contribution in [-0.4, -0.2) is 12.6 Å². The molecule has 1 N–H and O–H groups in total. The number of rotatable bonds is 3. The topological polar surface area (TPSA) is 53.2 Å². The summed E-state index contributed by atoms with van der Waals surface area (Å²) in [5.41, 5.74) is 1.43. The lowest BCUT2D eigenvalue weighted by Gasteiger charge is -2.06. The summed E-state index contributed by atoms with van der Waals surface area (Å²) in [4.78, 5) is 0. The van der Waals surface area contributed by atoms with Gasteiger partial charge >= 0.3 is 7.48 Å². The molecule has 2 aromatic carbocycles. The van der Waals surface area contributed by atoms with Crippen LogP contribution in [0.15, 0.2) is 48.5 Å². The highest BCUT2D eigenvalue weighted by Gasteiger charge is 2.03. The van der Waals surface area contributed by atoms with Gasteiger partial charge in [0, 0.05) is 0 Å². The van der Waals surface area contributed by atoms with E-state index in [1.54, 1.807) is 48.5 Å². The zero-order valence-corrected chi connectivity index (χ0v) is 9.00. The van der Waals surface area contributed by atoms with Crippen molar-refractivity contribution in [3.63, 3.8) is 0 Å². The SMILES string of the molecule is N#Cc1ccc([B]Oc2ccccc2O)cc1. The maximum absolute atomic E-state index is 9.48. The fourth-order valence-electron chi connectivity index (χ4n) is 1.32. The highest BCUT2D eigenvalue weighted by atomic mass is 16.4. The Morgan fingerprint density at radius 2 is 1.76 bits per heavy atom. The molecule has 0 spiro atoms. The van der Waals surface area contributed by atoms with Gasteiger partial charge in [0.15, 0.2) is 5.75 Å². The molecule has 0 aliphatic carbocycles. The van der Waals surface area contributed by atoms with Crippen LogP contribution in [0.25, 0.3) is 0 Å². The van der Waals surface area contributed by atoms with Gasteiger partial charge in [-0.15, -0.1) is 0 Å². The van der Waals surface area contributed by atoms with Crippen molar-refractivity contribution in [2.45, 2.75) is 0 Å². The van der Waals surface area contributed by atoms with Gasteiger partial charge in [0.2, 0.25) is 0 Å². The van der Waals surface area contributed by atoms with Gasteiger partial charge in [-0.05, 0) is 29.7 Å². The van der Waals surface area contributed by atoms with Crippen molar-refractivity contribution in [2.24, 2.45) is 0 Å². The Balaban J connectivity index is 2.03. The first kappa shape index (κ1) is 11.1. The van der Waals surface area contributed by atoms with E-state index < -0.39 is 0 Å². The molecule has 0 aliphatic rings. The Kier molecular flexibility index (Phi) is 3.32. The second kappa shape index (κ2) is 5.08. The molecule has 0 bridgehead atoms. The van der Waals surface area contributed by atoms with Crippen LogP contribution in [0.1, 0.15) is 5.56 Å². The standard InChI is InChI=1S/C13H9BNO2/c15-9-10-5-7-11(8-6-10)14-17-13-4-2-1-3-12(13)16/h1-8,16H. The van der Waals surface area contributed by atoms with Crippen LogP contribution in [0.3, 0.4) is 0 Å². The molecule has 2 aromatic rings. The molecular formula is C13H9BNO2. The third kappa shape index (κ3) is 2.79. The summed E-state index contributed by atoms with van der Waals surface area (Å²) < 4.78 is 5.34. The van der Waals surface area contributed by atoms with E-state index in [2.05, 4.69) is 0 Å². The molecule has 0 saturated carbocycles. The van der Waals surface area contributed by atoms with Crippen LogP contribution >= 0.6 is 0 Å². The molecule has 0 aromatic heterocycles. The molecule has 4 heteroatoms. The highest BCUT2D eigenvalue weighted by molar-refractivity contribution is 6.47. The Bertz CT molecular complexity index is 546. The Morgan fingerprint density at radius 3 is 2.41 bits per heavy atom. The third-order valence-corrected chi connectivity index (χ3v) is 2.23. The summed E-state index contributed by atoms with van der Waals surface area (Å²) in [6.45, 7) is 0. The predicted molar refractivity (Wildman–Crippen MR) is 65.3 cm³/mol. The summed E-state index contributed by atoms with van der Waals surface area (Å²) in [5.74, 6) is 0.495. The van der Waals surface area contributed by atoms with Gasteiger partial charge in [-0.2, -0.15) is 5.26 Å². The van der Waals surface area contributed by atoms with Gasteiger partial charge in [0.1, 0.15) is 5.75 Å². The molecule has 0 unspecified atom stereocenters. The second-order valence-corrected chi connectivity index (χ2v) is 3.44. The predicted octanol–water partition coefficient (Wildman–Crippen LogP) is 1.59. The summed E-state index contributed by atoms with van der Waals surface area (Å²) >= 11 is 0. The molecule has 0 fully saturated rings. The maximum Gasteiger partial charge on any atom is 0.408 e. The minimum atomic E-state index is 0.0948. The molecule has 2 rings (SSSR count). The number of nitriles is 1. The monoisotopic (exact) mass is 222 g/mol. The molecule has 81 valence electrons. The number of phenolic OH excluding ortho intramolecular Hbond substituents is 1. The molecule has 0 atom stereocenters. The summed E-state index contributed by atoms with van der Waals surface area (Å²) in [6.07, 6.45) is 0. The van der Waals surface area contributed by atoms with Crippen molar-refractivity contribution in [3.8, 4) is 17.6 Å². The zero-order chi connectivity index (χ0) is 12.1. The van der Waals surface area contributed by atoms with Gasteiger partial charge in [-0.3, -0.25) is 0 Å². The van der Waals surface area contributed by atoms with Crippen molar-refractivity contribution in [2.75, 3.05) is 0 Å². The van der Waals surface area contributed by atoms with E-state index in [0.717, 1.165) is 5.46 Å². The normalized spacial score (nSPS) is 9.35. The number of para-hydroxylation sites is 2. The molecule has 0 saturated heterocycles. The quantitative estimate of drug-likeness (QED) is 0.802. The second-order valence-electron chi connectivity index (χ2n) is 3.44.